The van der Waals surface area contributed by atoms with Crippen molar-refractivity contribution in [2.75, 3.05) is 0 Å². The smallest absolute Gasteiger partial charge is 0.313 e. The molecule has 0 aliphatic carbocycles. The molecule has 0 amide bonds. The maximum absolute atomic E-state index is 14.2. The van der Waals surface area contributed by atoms with Gasteiger partial charge in [-0.3, -0.25) is 4.79 Å². The maximum atomic E-state index is 14.2. The van der Waals surface area contributed by atoms with Crippen LogP contribution in [0.25, 0.3) is 0 Å². The zero-order valence-electron chi connectivity index (χ0n) is 35.4. The average Bonchev–Trinajstić information content (AvgIpc) is 3.01. The van der Waals surface area contributed by atoms with Crippen molar-refractivity contribution in [3.63, 3.8) is 0 Å². The van der Waals surface area contributed by atoms with E-state index in [0.717, 1.165) is 0 Å². The molecule has 3 rings (SSSR count). The molecule has 3 heteroatoms. The molecule has 0 saturated carbocycles. The van der Waals surface area contributed by atoms with Crippen LogP contribution in [0.2, 0.25) is 0 Å². The van der Waals surface area contributed by atoms with Crippen molar-refractivity contribution in [2.45, 2.75) is 199 Å². The van der Waals surface area contributed by atoms with Gasteiger partial charge in [-0.15, -0.1) is 0 Å². The molecular formula is C47H72O2S. The van der Waals surface area contributed by atoms with Gasteiger partial charge >= 0.3 is 5.97 Å². The van der Waals surface area contributed by atoms with E-state index >= 15 is 0 Å². The molecular weight excluding hydrogens is 629 g/mol. The van der Waals surface area contributed by atoms with Gasteiger partial charge in [-0.05, 0) is 114 Å². The van der Waals surface area contributed by atoms with Crippen LogP contribution in [0, 0.1) is 0 Å². The van der Waals surface area contributed by atoms with Crippen molar-refractivity contribution in [3.8, 4) is 0 Å². The van der Waals surface area contributed by atoms with Gasteiger partial charge in [-0.1, -0.05) is 161 Å². The summed E-state index contributed by atoms with van der Waals surface area (Å²) in [4.78, 5) is 18.0. The summed E-state index contributed by atoms with van der Waals surface area (Å²) in [6.07, 6.45) is 0. The van der Waals surface area contributed by atoms with Crippen molar-refractivity contribution < 1.29 is 8.98 Å². The van der Waals surface area contributed by atoms with Gasteiger partial charge in [0.2, 0.25) is 0 Å². The lowest BCUT2D eigenvalue weighted by Crippen LogP contribution is -2.23. The highest BCUT2D eigenvalue weighted by molar-refractivity contribution is 8.30. The second-order valence-electron chi connectivity index (χ2n) is 17.6. The second-order valence-corrected chi connectivity index (χ2v) is 20.1. The molecule has 2 nitrogen and oxygen atoms in total. The first-order valence-electron chi connectivity index (χ1n) is 19.6. The Morgan fingerprint density at radius 2 is 0.560 bits per heavy atom. The summed E-state index contributed by atoms with van der Waals surface area (Å²) in [5.41, 5.74) is 11.9. The maximum Gasteiger partial charge on any atom is 0.313 e. The third-order valence-electron chi connectivity index (χ3n) is 10.3. The van der Waals surface area contributed by atoms with E-state index in [-0.39, 0.29) is 41.5 Å². The molecule has 0 atom stereocenters. The van der Waals surface area contributed by atoms with Gasteiger partial charge in [0.1, 0.15) is 0 Å². The summed E-state index contributed by atoms with van der Waals surface area (Å²) in [7, 11) is -2.66. The molecule has 0 heterocycles. The van der Waals surface area contributed by atoms with Crippen molar-refractivity contribution in [1.82, 2.24) is 0 Å². The monoisotopic (exact) mass is 701 g/mol. The highest BCUT2D eigenvalue weighted by Gasteiger charge is 2.46. The van der Waals surface area contributed by atoms with Crippen LogP contribution >= 0.6 is 10.3 Å². The van der Waals surface area contributed by atoms with E-state index in [1.54, 1.807) is 6.92 Å². The summed E-state index contributed by atoms with van der Waals surface area (Å²) in [5.74, 6) is 2.27. The number of carbonyl (C=O) groups is 1. The van der Waals surface area contributed by atoms with E-state index in [9.17, 15) is 4.79 Å². The Bertz CT molecular complexity index is 1380. The first-order chi connectivity index (χ1) is 23.1. The number of hydrogen-bond donors (Lipinski definition) is 0. The molecule has 0 spiro atoms. The molecule has 0 fully saturated rings. The molecule has 3 aromatic rings. The van der Waals surface area contributed by atoms with Crippen LogP contribution in [0.4, 0.5) is 0 Å². The third-order valence-corrected chi connectivity index (χ3v) is 14.0. The highest BCUT2D eigenvalue weighted by Crippen LogP contribution is 2.76. The summed E-state index contributed by atoms with van der Waals surface area (Å²) in [6.45, 7) is 43.4. The first-order valence-corrected chi connectivity index (χ1v) is 21.2. The predicted octanol–water partition coefficient (Wildman–Crippen LogP) is 15.6. The molecule has 0 saturated heterocycles. The SMILES string of the molecule is CC(=O)OS(c1c(C(C)C)cc(C(C)C)cc1C(C)C)(c1c(C(C)C)cc(C(C)C)cc1C(C)C)c1c(C(C)C)cc(C(C)C)cc1C(C)C. The van der Waals surface area contributed by atoms with Crippen molar-refractivity contribution in [2.24, 2.45) is 0 Å². The lowest BCUT2D eigenvalue weighted by atomic mass is 9.89. The van der Waals surface area contributed by atoms with Gasteiger partial charge in [0, 0.05) is 21.6 Å². The zero-order chi connectivity index (χ0) is 38.2. The van der Waals surface area contributed by atoms with Crippen molar-refractivity contribution in [1.29, 1.82) is 0 Å². The fourth-order valence-corrected chi connectivity index (χ4v) is 12.2. The fourth-order valence-electron chi connectivity index (χ4n) is 7.27. The van der Waals surface area contributed by atoms with E-state index in [1.807, 2.05) is 0 Å². The van der Waals surface area contributed by atoms with E-state index < -0.39 is 10.3 Å². The van der Waals surface area contributed by atoms with E-state index in [0.29, 0.717) is 17.8 Å². The first kappa shape index (κ1) is 41.9. The van der Waals surface area contributed by atoms with Gasteiger partial charge in [0.05, 0.1) is 0 Å². The minimum Gasteiger partial charge on any atom is -0.402 e. The largest absolute Gasteiger partial charge is 0.402 e. The molecule has 3 aromatic carbocycles. The fraction of sp³-hybridized carbons (Fsp3) is 0.596. The molecule has 0 radical (unpaired) electrons. The lowest BCUT2D eigenvalue weighted by Gasteiger charge is -2.48. The lowest BCUT2D eigenvalue weighted by molar-refractivity contribution is -0.131. The molecule has 0 aliphatic rings. The summed E-state index contributed by atoms with van der Waals surface area (Å²) >= 11 is 0. The molecule has 278 valence electrons. The van der Waals surface area contributed by atoms with E-state index in [4.69, 9.17) is 4.18 Å². The van der Waals surface area contributed by atoms with Gasteiger partial charge in [0.15, 0.2) is 0 Å². The minimum atomic E-state index is -2.66. The Morgan fingerprint density at radius 3 is 0.680 bits per heavy atom. The Hall–Kier alpha value is -2.52. The van der Waals surface area contributed by atoms with Gasteiger partial charge in [-0.25, -0.2) is 0 Å². The van der Waals surface area contributed by atoms with Crippen LogP contribution in [0.3, 0.4) is 0 Å². The minimum absolute atomic E-state index is 0.216. The Labute approximate surface area is 310 Å². The summed E-state index contributed by atoms with van der Waals surface area (Å²) in [5, 5.41) is 0. The van der Waals surface area contributed by atoms with Crippen LogP contribution in [0.1, 0.15) is 235 Å². The molecule has 0 N–H and O–H groups in total. The van der Waals surface area contributed by atoms with E-state index in [2.05, 4.69) is 161 Å². The number of hydrogen-bond acceptors (Lipinski definition) is 2. The number of benzene rings is 3. The topological polar surface area (TPSA) is 26.3 Å². The Morgan fingerprint density at radius 1 is 0.380 bits per heavy atom. The van der Waals surface area contributed by atoms with Gasteiger partial charge in [0.25, 0.3) is 0 Å². The molecule has 0 aromatic heterocycles. The number of rotatable bonds is 13. The predicted molar refractivity (Wildman–Crippen MR) is 220 cm³/mol. The van der Waals surface area contributed by atoms with Crippen LogP contribution in [-0.2, 0) is 8.98 Å². The average molecular weight is 701 g/mol. The third kappa shape index (κ3) is 8.24. The molecule has 50 heavy (non-hydrogen) atoms. The quantitative estimate of drug-likeness (QED) is 0.177. The van der Waals surface area contributed by atoms with Crippen LogP contribution in [0.15, 0.2) is 51.1 Å². The standard InChI is InChI=1S/C47H72O2S/c1-26(2)36-20-39(29(7)8)45(40(21-36)30(9)10)50(49-35(19)48,46-41(31(11)12)22-37(27(3)4)23-42(46)32(13)14)47-43(33(15)16)24-38(28(5)6)25-44(47)34(17)18/h20-34H,1-19H3. The zero-order valence-corrected chi connectivity index (χ0v) is 36.2. The van der Waals surface area contributed by atoms with Crippen LogP contribution in [-0.4, -0.2) is 5.97 Å². The van der Waals surface area contributed by atoms with Crippen LogP contribution < -0.4 is 0 Å². The van der Waals surface area contributed by atoms with E-state index in [1.165, 1.54) is 64.8 Å². The Kier molecular flexibility index (Phi) is 13.8. The molecule has 0 unspecified atom stereocenters. The summed E-state index contributed by atoms with van der Waals surface area (Å²) in [6, 6.07) is 14.8. The van der Waals surface area contributed by atoms with Crippen molar-refractivity contribution >= 4 is 16.3 Å². The highest BCUT2D eigenvalue weighted by atomic mass is 32.3. The van der Waals surface area contributed by atoms with Crippen LogP contribution in [0.5, 0.6) is 0 Å². The van der Waals surface area contributed by atoms with Gasteiger partial charge in [-0.2, -0.15) is 0 Å². The molecule has 0 bridgehead atoms. The van der Waals surface area contributed by atoms with Crippen molar-refractivity contribution in [3.05, 3.63) is 86.5 Å². The normalized spacial score (nSPS) is 13.1. The second kappa shape index (κ2) is 16.4. The van der Waals surface area contributed by atoms with Gasteiger partial charge < -0.3 is 4.18 Å². The Balaban J connectivity index is 3.07. The number of carbonyl (C=O) groups excluding carboxylic acids is 1. The summed E-state index contributed by atoms with van der Waals surface area (Å²) < 4.78 is 7.49. The molecule has 0 aliphatic heterocycles.